The molecule has 1 saturated heterocycles. The molecule has 112 valence electrons. The van der Waals surface area contributed by atoms with Crippen LogP contribution in [-0.2, 0) is 6.42 Å². The average molecular weight is 334 g/mol. The summed E-state index contributed by atoms with van der Waals surface area (Å²) < 4.78 is 13.2. The summed E-state index contributed by atoms with van der Waals surface area (Å²) in [5.41, 5.74) is 1.10. The van der Waals surface area contributed by atoms with E-state index in [1.54, 1.807) is 6.07 Å². The van der Waals surface area contributed by atoms with E-state index < -0.39 is 0 Å². The normalized spacial score (nSPS) is 24.6. The molecule has 0 radical (unpaired) electrons. The van der Waals surface area contributed by atoms with Crippen LogP contribution >= 0.6 is 35.1 Å². The Kier molecular flexibility index (Phi) is 6.53. The van der Waals surface area contributed by atoms with Gasteiger partial charge in [0.2, 0.25) is 0 Å². The molecular formula is C15H21ClFNS2. The minimum atomic E-state index is -0.341. The van der Waals surface area contributed by atoms with Crippen LogP contribution in [0, 0.1) is 5.82 Å². The monoisotopic (exact) mass is 333 g/mol. The van der Waals surface area contributed by atoms with E-state index in [0.29, 0.717) is 16.5 Å². The predicted octanol–water partition coefficient (Wildman–Crippen LogP) is 4.24. The van der Waals surface area contributed by atoms with E-state index in [1.807, 2.05) is 17.8 Å². The van der Waals surface area contributed by atoms with Gasteiger partial charge in [0.05, 0.1) is 5.02 Å². The second kappa shape index (κ2) is 7.92. The molecule has 1 N–H and O–H groups in total. The standard InChI is InChI=1S/C15H21ClFNS2/c1-3-18-14(15-10(2)19-6-7-20-15)9-11-4-5-13(17)12(16)8-11/h4-5,8,10,14-15,18H,3,6-7,9H2,1-2H3. The summed E-state index contributed by atoms with van der Waals surface area (Å²) in [6.07, 6.45) is 0.899. The van der Waals surface area contributed by atoms with Crippen molar-refractivity contribution in [2.45, 2.75) is 36.8 Å². The summed E-state index contributed by atoms with van der Waals surface area (Å²) in [5, 5.41) is 5.06. The SMILES string of the molecule is CCNC(Cc1ccc(F)c(Cl)c1)C1SCCSC1C. The third-order valence-corrected chi connectivity index (χ3v) is 7.08. The number of hydrogen-bond acceptors (Lipinski definition) is 3. The lowest BCUT2D eigenvalue weighted by molar-refractivity contribution is 0.500. The van der Waals surface area contributed by atoms with Crippen molar-refractivity contribution in [3.8, 4) is 0 Å². The molecule has 0 spiro atoms. The molecule has 0 saturated carbocycles. The average Bonchev–Trinajstić information content (AvgIpc) is 2.43. The summed E-state index contributed by atoms with van der Waals surface area (Å²) in [6, 6.07) is 5.48. The van der Waals surface area contributed by atoms with E-state index in [1.165, 1.54) is 17.6 Å². The molecule has 20 heavy (non-hydrogen) atoms. The van der Waals surface area contributed by atoms with E-state index in [0.717, 1.165) is 18.5 Å². The van der Waals surface area contributed by atoms with Crippen molar-refractivity contribution in [1.82, 2.24) is 5.32 Å². The van der Waals surface area contributed by atoms with E-state index in [4.69, 9.17) is 11.6 Å². The Hall–Kier alpha value is 0.1000. The number of hydrogen-bond donors (Lipinski definition) is 1. The Morgan fingerprint density at radius 2 is 2.15 bits per heavy atom. The van der Waals surface area contributed by atoms with Gasteiger partial charge in [0, 0.05) is 28.0 Å². The second-order valence-corrected chi connectivity index (χ2v) is 8.21. The Balaban J connectivity index is 2.09. The molecule has 3 unspecified atom stereocenters. The van der Waals surface area contributed by atoms with Gasteiger partial charge >= 0.3 is 0 Å². The molecule has 1 aromatic rings. The van der Waals surface area contributed by atoms with Crippen molar-refractivity contribution in [3.63, 3.8) is 0 Å². The molecule has 1 fully saturated rings. The number of rotatable bonds is 5. The minimum absolute atomic E-state index is 0.219. The van der Waals surface area contributed by atoms with Crippen molar-refractivity contribution in [1.29, 1.82) is 0 Å². The second-order valence-electron chi connectivity index (χ2n) is 5.03. The summed E-state index contributed by atoms with van der Waals surface area (Å²) >= 11 is 9.99. The van der Waals surface area contributed by atoms with Gasteiger partial charge in [-0.05, 0) is 30.7 Å². The van der Waals surface area contributed by atoms with Crippen molar-refractivity contribution >= 4 is 35.1 Å². The first-order valence-corrected chi connectivity index (χ1v) is 9.50. The van der Waals surface area contributed by atoms with Crippen LogP contribution in [-0.4, -0.2) is 34.6 Å². The van der Waals surface area contributed by atoms with Crippen molar-refractivity contribution in [3.05, 3.63) is 34.6 Å². The molecule has 1 heterocycles. The van der Waals surface area contributed by atoms with Crippen LogP contribution in [0.2, 0.25) is 5.02 Å². The van der Waals surface area contributed by atoms with Gasteiger partial charge in [0.15, 0.2) is 0 Å². The fourth-order valence-electron chi connectivity index (χ4n) is 2.58. The zero-order valence-corrected chi connectivity index (χ0v) is 14.3. The number of halogens is 2. The molecule has 0 bridgehead atoms. The molecule has 3 atom stereocenters. The van der Waals surface area contributed by atoms with Gasteiger partial charge in [-0.3, -0.25) is 0 Å². The third kappa shape index (κ3) is 4.30. The van der Waals surface area contributed by atoms with Crippen LogP contribution in [0.1, 0.15) is 19.4 Å². The summed E-state index contributed by atoms with van der Waals surface area (Å²) in [4.78, 5) is 0. The number of benzene rings is 1. The van der Waals surface area contributed by atoms with Crippen molar-refractivity contribution in [2.75, 3.05) is 18.1 Å². The summed E-state index contributed by atoms with van der Waals surface area (Å²) in [5.74, 6) is 2.11. The first kappa shape index (κ1) is 16.5. The third-order valence-electron chi connectivity index (χ3n) is 3.54. The van der Waals surface area contributed by atoms with Crippen LogP contribution in [0.3, 0.4) is 0 Å². The van der Waals surface area contributed by atoms with E-state index in [-0.39, 0.29) is 10.8 Å². The smallest absolute Gasteiger partial charge is 0.141 e. The first-order valence-electron chi connectivity index (χ1n) is 7.02. The Labute approximate surface area is 134 Å². The van der Waals surface area contributed by atoms with Crippen LogP contribution in [0.15, 0.2) is 18.2 Å². The molecule has 5 heteroatoms. The maximum Gasteiger partial charge on any atom is 0.141 e. The van der Waals surface area contributed by atoms with Crippen LogP contribution in [0.5, 0.6) is 0 Å². The van der Waals surface area contributed by atoms with Gasteiger partial charge in [0.1, 0.15) is 5.82 Å². The van der Waals surface area contributed by atoms with Gasteiger partial charge in [-0.1, -0.05) is 31.5 Å². The van der Waals surface area contributed by atoms with Crippen molar-refractivity contribution < 1.29 is 4.39 Å². The quantitative estimate of drug-likeness (QED) is 0.865. The number of thioether (sulfide) groups is 2. The topological polar surface area (TPSA) is 12.0 Å². The van der Waals surface area contributed by atoms with Gasteiger partial charge in [0.25, 0.3) is 0 Å². The van der Waals surface area contributed by atoms with E-state index in [9.17, 15) is 4.39 Å². The fourth-order valence-corrected chi connectivity index (χ4v) is 5.74. The highest BCUT2D eigenvalue weighted by atomic mass is 35.5. The highest BCUT2D eigenvalue weighted by molar-refractivity contribution is 8.07. The van der Waals surface area contributed by atoms with Crippen LogP contribution in [0.4, 0.5) is 4.39 Å². The fraction of sp³-hybridized carbons (Fsp3) is 0.600. The molecular weight excluding hydrogens is 313 g/mol. The van der Waals surface area contributed by atoms with E-state index >= 15 is 0 Å². The Morgan fingerprint density at radius 1 is 1.40 bits per heavy atom. The largest absolute Gasteiger partial charge is 0.313 e. The zero-order chi connectivity index (χ0) is 14.5. The zero-order valence-electron chi connectivity index (χ0n) is 11.9. The summed E-state index contributed by atoms with van der Waals surface area (Å²) in [7, 11) is 0. The first-order chi connectivity index (χ1) is 9.61. The van der Waals surface area contributed by atoms with Gasteiger partial charge < -0.3 is 5.32 Å². The maximum atomic E-state index is 13.2. The summed E-state index contributed by atoms with van der Waals surface area (Å²) in [6.45, 7) is 5.40. The van der Waals surface area contributed by atoms with Crippen molar-refractivity contribution in [2.24, 2.45) is 0 Å². The lowest BCUT2D eigenvalue weighted by atomic mass is 10.0. The lowest BCUT2D eigenvalue weighted by Gasteiger charge is -2.35. The molecule has 1 aliphatic rings. The molecule has 1 nitrogen and oxygen atoms in total. The number of likely N-dealkylation sites (N-methyl/N-ethyl adjacent to an activating group) is 1. The van der Waals surface area contributed by atoms with Gasteiger partial charge in [-0.2, -0.15) is 23.5 Å². The maximum absolute atomic E-state index is 13.2. The predicted molar refractivity (Wildman–Crippen MR) is 90.7 cm³/mol. The van der Waals surface area contributed by atoms with Gasteiger partial charge in [-0.15, -0.1) is 0 Å². The highest BCUT2D eigenvalue weighted by Crippen LogP contribution is 2.34. The lowest BCUT2D eigenvalue weighted by Crippen LogP contribution is -2.45. The Morgan fingerprint density at radius 3 is 2.80 bits per heavy atom. The Bertz CT molecular complexity index is 444. The number of nitrogens with one attached hydrogen (secondary N) is 1. The van der Waals surface area contributed by atoms with Crippen LogP contribution in [0.25, 0.3) is 0 Å². The molecule has 1 aromatic carbocycles. The molecule has 2 rings (SSSR count). The molecule has 0 amide bonds. The van der Waals surface area contributed by atoms with E-state index in [2.05, 4.69) is 30.9 Å². The minimum Gasteiger partial charge on any atom is -0.313 e. The van der Waals surface area contributed by atoms with Gasteiger partial charge in [-0.25, -0.2) is 4.39 Å². The highest BCUT2D eigenvalue weighted by Gasteiger charge is 2.30. The van der Waals surface area contributed by atoms with Crippen LogP contribution < -0.4 is 5.32 Å². The molecule has 0 aliphatic carbocycles. The molecule has 0 aromatic heterocycles. The molecule has 1 aliphatic heterocycles.